The molecule has 1 fully saturated rings. The van der Waals surface area contributed by atoms with Crippen molar-refractivity contribution >= 4 is 22.7 Å². The SMILES string of the molecule is O=C(NCCC(=O)N1CCCC1)c1ccc2c(=O)n3c(nc2c1)CCCCCC3. The van der Waals surface area contributed by atoms with Crippen LogP contribution in [0.15, 0.2) is 23.0 Å². The number of carbonyl (C=O) groups is 2. The quantitative estimate of drug-likeness (QED) is 0.859. The normalized spacial score (nSPS) is 16.9. The third-order valence-corrected chi connectivity index (χ3v) is 5.91. The second kappa shape index (κ2) is 8.76. The lowest BCUT2D eigenvalue weighted by Gasteiger charge is -2.16. The zero-order valence-electron chi connectivity index (χ0n) is 16.8. The van der Waals surface area contributed by atoms with Gasteiger partial charge in [0.25, 0.3) is 11.5 Å². The first-order chi connectivity index (χ1) is 14.1. The van der Waals surface area contributed by atoms with Gasteiger partial charge in [0.15, 0.2) is 0 Å². The summed E-state index contributed by atoms with van der Waals surface area (Å²) in [5.41, 5.74) is 1.02. The largest absolute Gasteiger partial charge is 0.352 e. The number of nitrogens with one attached hydrogen (secondary N) is 1. The van der Waals surface area contributed by atoms with Gasteiger partial charge in [-0.05, 0) is 43.9 Å². The highest BCUT2D eigenvalue weighted by Gasteiger charge is 2.18. The van der Waals surface area contributed by atoms with E-state index in [1.165, 1.54) is 0 Å². The third kappa shape index (κ3) is 4.33. The fourth-order valence-electron chi connectivity index (χ4n) is 4.25. The molecule has 1 saturated heterocycles. The number of hydrogen-bond donors (Lipinski definition) is 1. The van der Waals surface area contributed by atoms with Gasteiger partial charge >= 0.3 is 0 Å². The fraction of sp³-hybridized carbons (Fsp3) is 0.545. The number of aryl methyl sites for hydroxylation is 1. The van der Waals surface area contributed by atoms with Gasteiger partial charge in [-0.1, -0.05) is 12.8 Å². The topological polar surface area (TPSA) is 84.3 Å². The molecule has 2 amide bonds. The number of fused-ring (bicyclic) bond motifs is 2. The smallest absolute Gasteiger partial charge is 0.261 e. The van der Waals surface area contributed by atoms with E-state index in [1.807, 2.05) is 4.90 Å². The van der Waals surface area contributed by atoms with E-state index in [0.717, 1.165) is 63.9 Å². The number of hydrogen-bond acceptors (Lipinski definition) is 4. The summed E-state index contributed by atoms with van der Waals surface area (Å²) in [6.45, 7) is 2.67. The minimum atomic E-state index is -0.241. The molecule has 2 aromatic rings. The average Bonchev–Trinajstić information content (AvgIpc) is 3.24. The van der Waals surface area contributed by atoms with Crippen molar-refractivity contribution in [2.75, 3.05) is 19.6 Å². The highest BCUT2D eigenvalue weighted by Crippen LogP contribution is 2.16. The first-order valence-corrected chi connectivity index (χ1v) is 10.7. The molecule has 0 spiro atoms. The molecule has 0 bridgehead atoms. The van der Waals surface area contributed by atoms with Gasteiger partial charge in [-0.3, -0.25) is 19.0 Å². The Labute approximate surface area is 170 Å². The van der Waals surface area contributed by atoms with Crippen molar-refractivity contribution < 1.29 is 9.59 Å². The van der Waals surface area contributed by atoms with Crippen LogP contribution in [-0.2, 0) is 17.8 Å². The van der Waals surface area contributed by atoms with Crippen molar-refractivity contribution in [3.05, 3.63) is 39.9 Å². The Balaban J connectivity index is 1.47. The Morgan fingerprint density at radius 1 is 1.00 bits per heavy atom. The second-order valence-corrected chi connectivity index (χ2v) is 7.97. The van der Waals surface area contributed by atoms with Gasteiger partial charge in [0.05, 0.1) is 10.9 Å². The number of rotatable bonds is 4. The minimum Gasteiger partial charge on any atom is -0.352 e. The van der Waals surface area contributed by atoms with Crippen molar-refractivity contribution in [2.45, 2.75) is 57.9 Å². The van der Waals surface area contributed by atoms with Crippen LogP contribution in [0.3, 0.4) is 0 Å². The molecule has 0 atom stereocenters. The van der Waals surface area contributed by atoms with Crippen LogP contribution in [0, 0.1) is 0 Å². The Bertz CT molecular complexity index is 976. The van der Waals surface area contributed by atoms with Crippen molar-refractivity contribution in [3.63, 3.8) is 0 Å². The molecule has 29 heavy (non-hydrogen) atoms. The lowest BCUT2D eigenvalue weighted by Crippen LogP contribution is -2.32. The molecule has 154 valence electrons. The summed E-state index contributed by atoms with van der Waals surface area (Å²) >= 11 is 0. The van der Waals surface area contributed by atoms with Gasteiger partial charge in [0, 0.05) is 44.6 Å². The van der Waals surface area contributed by atoms with Gasteiger partial charge < -0.3 is 10.2 Å². The number of nitrogens with zero attached hydrogens (tertiary/aromatic N) is 3. The molecule has 0 aliphatic carbocycles. The van der Waals surface area contributed by atoms with Crippen molar-refractivity contribution in [2.24, 2.45) is 0 Å². The van der Waals surface area contributed by atoms with E-state index >= 15 is 0 Å². The summed E-state index contributed by atoms with van der Waals surface area (Å²) in [5.74, 6) is 0.667. The Morgan fingerprint density at radius 2 is 1.76 bits per heavy atom. The maximum absolute atomic E-state index is 12.9. The number of likely N-dealkylation sites (tertiary alicyclic amines) is 1. The van der Waals surface area contributed by atoms with E-state index in [1.54, 1.807) is 22.8 Å². The fourth-order valence-corrected chi connectivity index (χ4v) is 4.25. The summed E-state index contributed by atoms with van der Waals surface area (Å²) < 4.78 is 1.80. The molecule has 2 aliphatic rings. The molecule has 2 aliphatic heterocycles. The van der Waals surface area contributed by atoms with Crippen molar-refractivity contribution in [1.29, 1.82) is 0 Å². The molecule has 7 heteroatoms. The summed E-state index contributed by atoms with van der Waals surface area (Å²) in [7, 11) is 0. The van der Waals surface area contributed by atoms with Gasteiger partial charge in [-0.15, -0.1) is 0 Å². The van der Waals surface area contributed by atoms with Gasteiger partial charge in [0.2, 0.25) is 5.91 Å². The van der Waals surface area contributed by atoms with Crippen LogP contribution in [0.5, 0.6) is 0 Å². The predicted octanol–water partition coefficient (Wildman–Crippen LogP) is 2.26. The van der Waals surface area contributed by atoms with Crippen LogP contribution in [0.2, 0.25) is 0 Å². The Kier molecular flexibility index (Phi) is 5.92. The number of carbonyl (C=O) groups excluding carboxylic acids is 2. The number of benzene rings is 1. The molecule has 1 aromatic carbocycles. The molecule has 3 heterocycles. The third-order valence-electron chi connectivity index (χ3n) is 5.91. The van der Waals surface area contributed by atoms with E-state index in [-0.39, 0.29) is 17.4 Å². The lowest BCUT2D eigenvalue weighted by molar-refractivity contribution is -0.129. The predicted molar refractivity (Wildman–Crippen MR) is 111 cm³/mol. The monoisotopic (exact) mass is 396 g/mol. The molecule has 7 nitrogen and oxygen atoms in total. The standard InChI is InChI=1S/C22H28N4O3/c27-20(25-12-5-6-13-25)10-11-23-21(28)16-8-9-17-18(15-16)24-19-7-3-1-2-4-14-26(19)22(17)29/h8-9,15H,1-7,10-14H2,(H,23,28). The van der Waals surface area contributed by atoms with Gasteiger partial charge in [0.1, 0.15) is 5.82 Å². The van der Waals surface area contributed by atoms with Crippen LogP contribution in [0.4, 0.5) is 0 Å². The van der Waals surface area contributed by atoms with Crippen molar-refractivity contribution in [1.82, 2.24) is 19.8 Å². The van der Waals surface area contributed by atoms with Crippen molar-refractivity contribution in [3.8, 4) is 0 Å². The van der Waals surface area contributed by atoms with Crippen LogP contribution in [0.25, 0.3) is 10.9 Å². The zero-order valence-corrected chi connectivity index (χ0v) is 16.8. The first-order valence-electron chi connectivity index (χ1n) is 10.7. The van der Waals surface area contributed by atoms with E-state index in [2.05, 4.69) is 5.32 Å². The molecular formula is C22H28N4O3. The van der Waals surface area contributed by atoms with Crippen LogP contribution >= 0.6 is 0 Å². The highest BCUT2D eigenvalue weighted by atomic mass is 16.2. The van der Waals surface area contributed by atoms with Crippen LogP contribution < -0.4 is 10.9 Å². The van der Waals surface area contributed by atoms with E-state index in [0.29, 0.717) is 36.0 Å². The van der Waals surface area contributed by atoms with Crippen LogP contribution in [0.1, 0.15) is 61.1 Å². The molecule has 0 unspecified atom stereocenters. The van der Waals surface area contributed by atoms with E-state index in [4.69, 9.17) is 4.98 Å². The summed E-state index contributed by atoms with van der Waals surface area (Å²) in [4.78, 5) is 44.0. The lowest BCUT2D eigenvalue weighted by atomic mass is 10.1. The zero-order chi connectivity index (χ0) is 20.2. The second-order valence-electron chi connectivity index (χ2n) is 7.97. The molecule has 0 radical (unpaired) electrons. The van der Waals surface area contributed by atoms with Gasteiger partial charge in [-0.2, -0.15) is 0 Å². The maximum atomic E-state index is 12.9. The van der Waals surface area contributed by atoms with E-state index in [9.17, 15) is 14.4 Å². The first kappa shape index (κ1) is 19.6. The number of amides is 2. The molecule has 0 saturated carbocycles. The average molecular weight is 396 g/mol. The number of aromatic nitrogens is 2. The Hall–Kier alpha value is -2.70. The molecular weight excluding hydrogens is 368 g/mol. The minimum absolute atomic E-state index is 0.0185. The Morgan fingerprint density at radius 3 is 2.59 bits per heavy atom. The summed E-state index contributed by atoms with van der Waals surface area (Å²) in [6, 6.07) is 5.05. The van der Waals surface area contributed by atoms with Crippen LogP contribution in [-0.4, -0.2) is 45.9 Å². The maximum Gasteiger partial charge on any atom is 0.261 e. The molecule has 4 rings (SSSR count). The van der Waals surface area contributed by atoms with E-state index < -0.39 is 0 Å². The molecule has 1 N–H and O–H groups in total. The molecule has 1 aromatic heterocycles. The highest BCUT2D eigenvalue weighted by molar-refractivity contribution is 5.97. The van der Waals surface area contributed by atoms with Gasteiger partial charge in [-0.25, -0.2) is 4.98 Å². The summed E-state index contributed by atoms with van der Waals surface area (Å²) in [5, 5.41) is 3.37. The summed E-state index contributed by atoms with van der Waals surface area (Å²) in [6.07, 6.45) is 7.56.